The van der Waals surface area contributed by atoms with Gasteiger partial charge in [0.05, 0.1) is 0 Å². The van der Waals surface area contributed by atoms with Crippen LogP contribution in [0.4, 0.5) is 0 Å². The Labute approximate surface area is 128 Å². The predicted molar refractivity (Wildman–Crippen MR) is 86.9 cm³/mol. The van der Waals surface area contributed by atoms with Crippen LogP contribution in [0.25, 0.3) is 0 Å². The van der Waals surface area contributed by atoms with E-state index in [9.17, 15) is 0 Å². The van der Waals surface area contributed by atoms with Crippen LogP contribution in [0.2, 0.25) is 0 Å². The Bertz CT molecular complexity index is 552. The van der Waals surface area contributed by atoms with Crippen molar-refractivity contribution in [3.63, 3.8) is 0 Å². The zero-order valence-electron chi connectivity index (χ0n) is 9.63. The predicted octanol–water partition coefficient (Wildman–Crippen LogP) is 5.82. The highest BCUT2D eigenvalue weighted by Gasteiger charge is 2.08. The quantitative estimate of drug-likeness (QED) is 0.553. The molecule has 2 aromatic carbocycles. The number of rotatable bonds is 2. The Kier molecular flexibility index (Phi) is 4.55. The van der Waals surface area contributed by atoms with Crippen molar-refractivity contribution in [2.45, 2.75) is 23.6 Å². The summed E-state index contributed by atoms with van der Waals surface area (Å²) < 4.78 is 2.51. The van der Waals surface area contributed by atoms with Gasteiger partial charge in [-0.1, -0.05) is 30.0 Å². The van der Waals surface area contributed by atoms with Crippen LogP contribution < -0.4 is 0 Å². The Morgan fingerprint density at radius 1 is 1.00 bits per heavy atom. The average Bonchev–Trinajstić information content (AvgIpc) is 2.32. The second kappa shape index (κ2) is 5.76. The molecule has 17 heavy (non-hydrogen) atoms. The number of benzene rings is 2. The van der Waals surface area contributed by atoms with Crippen LogP contribution >= 0.6 is 50.3 Å². The molecule has 0 bridgehead atoms. The summed E-state index contributed by atoms with van der Waals surface area (Å²) in [7, 11) is 0. The van der Waals surface area contributed by atoms with Crippen molar-refractivity contribution in [1.29, 1.82) is 0 Å². The molecule has 2 aromatic rings. The van der Waals surface area contributed by atoms with Crippen molar-refractivity contribution in [1.82, 2.24) is 0 Å². The highest BCUT2D eigenvalue weighted by Crippen LogP contribution is 2.36. The fourth-order valence-corrected chi connectivity index (χ4v) is 3.68. The molecule has 0 heterocycles. The van der Waals surface area contributed by atoms with Crippen molar-refractivity contribution in [2.24, 2.45) is 0 Å². The smallest absolute Gasteiger partial charge is 0.0314 e. The van der Waals surface area contributed by atoms with E-state index < -0.39 is 0 Å². The Morgan fingerprint density at radius 3 is 2.41 bits per heavy atom. The first-order valence-electron chi connectivity index (χ1n) is 5.27. The van der Waals surface area contributed by atoms with Crippen molar-refractivity contribution in [3.8, 4) is 0 Å². The molecule has 0 aliphatic carbocycles. The summed E-state index contributed by atoms with van der Waals surface area (Å²) >= 11 is 7.82. The zero-order valence-corrected chi connectivity index (χ0v) is 14.2. The standard InChI is InChI=1S/C14H12BrIS/c1-9-7-8-12(10(2)14(9)16)17-13-6-4-3-5-11(13)15/h3-8H,1-2H3. The van der Waals surface area contributed by atoms with Crippen LogP contribution in [0.5, 0.6) is 0 Å². The molecule has 0 radical (unpaired) electrons. The molecule has 0 unspecified atom stereocenters. The molecule has 0 aliphatic rings. The maximum Gasteiger partial charge on any atom is 0.0314 e. The maximum atomic E-state index is 3.59. The fraction of sp³-hybridized carbons (Fsp3) is 0.143. The number of hydrogen-bond acceptors (Lipinski definition) is 1. The average molecular weight is 419 g/mol. The monoisotopic (exact) mass is 418 g/mol. The molecular weight excluding hydrogens is 407 g/mol. The fourth-order valence-electron chi connectivity index (χ4n) is 1.56. The van der Waals surface area contributed by atoms with Gasteiger partial charge in [-0.2, -0.15) is 0 Å². The van der Waals surface area contributed by atoms with E-state index in [0.717, 1.165) is 4.47 Å². The van der Waals surface area contributed by atoms with Crippen LogP contribution in [0.3, 0.4) is 0 Å². The molecule has 0 nitrogen and oxygen atoms in total. The zero-order chi connectivity index (χ0) is 12.4. The number of halogens is 2. The van der Waals surface area contributed by atoms with Gasteiger partial charge < -0.3 is 0 Å². The minimum Gasteiger partial charge on any atom is -0.0886 e. The summed E-state index contributed by atoms with van der Waals surface area (Å²) in [6, 6.07) is 12.7. The first-order valence-corrected chi connectivity index (χ1v) is 7.96. The van der Waals surface area contributed by atoms with E-state index in [4.69, 9.17) is 0 Å². The summed E-state index contributed by atoms with van der Waals surface area (Å²) in [5, 5.41) is 0. The van der Waals surface area contributed by atoms with E-state index in [2.05, 4.69) is 82.7 Å². The number of aryl methyl sites for hydroxylation is 1. The Balaban J connectivity index is 2.38. The van der Waals surface area contributed by atoms with Gasteiger partial charge in [0.25, 0.3) is 0 Å². The molecule has 0 saturated heterocycles. The highest BCUT2D eigenvalue weighted by atomic mass is 127. The lowest BCUT2D eigenvalue weighted by atomic mass is 10.2. The third-order valence-corrected chi connectivity index (χ3v) is 6.44. The summed E-state index contributed by atoms with van der Waals surface area (Å²) in [6.45, 7) is 4.34. The van der Waals surface area contributed by atoms with Gasteiger partial charge in [-0.05, 0) is 81.7 Å². The van der Waals surface area contributed by atoms with Crippen molar-refractivity contribution in [2.75, 3.05) is 0 Å². The lowest BCUT2D eigenvalue weighted by Crippen LogP contribution is -1.89. The SMILES string of the molecule is Cc1ccc(Sc2ccccc2Br)c(C)c1I. The molecule has 0 atom stereocenters. The van der Waals surface area contributed by atoms with Crippen LogP contribution in [-0.2, 0) is 0 Å². The van der Waals surface area contributed by atoms with Crippen LogP contribution in [0.1, 0.15) is 11.1 Å². The summed E-state index contributed by atoms with van der Waals surface area (Å²) in [6.07, 6.45) is 0. The largest absolute Gasteiger partial charge is 0.0886 e. The maximum absolute atomic E-state index is 3.59. The second-order valence-corrected chi connectivity index (χ2v) is 6.87. The van der Waals surface area contributed by atoms with Gasteiger partial charge in [0, 0.05) is 17.8 Å². The van der Waals surface area contributed by atoms with Crippen LogP contribution in [-0.4, -0.2) is 0 Å². The second-order valence-electron chi connectivity index (χ2n) is 3.85. The topological polar surface area (TPSA) is 0 Å². The van der Waals surface area contributed by atoms with Crippen molar-refractivity contribution in [3.05, 3.63) is 55.6 Å². The van der Waals surface area contributed by atoms with E-state index >= 15 is 0 Å². The summed E-state index contributed by atoms with van der Waals surface area (Å²) in [4.78, 5) is 2.59. The van der Waals surface area contributed by atoms with Gasteiger partial charge in [0.15, 0.2) is 0 Å². The lowest BCUT2D eigenvalue weighted by Gasteiger charge is -2.10. The molecule has 3 heteroatoms. The molecule has 88 valence electrons. The summed E-state index contributed by atoms with van der Waals surface area (Å²) in [5.74, 6) is 0. The van der Waals surface area contributed by atoms with E-state index in [-0.39, 0.29) is 0 Å². The highest BCUT2D eigenvalue weighted by molar-refractivity contribution is 14.1. The minimum absolute atomic E-state index is 1.15. The minimum atomic E-state index is 1.15. The molecule has 0 fully saturated rings. The number of hydrogen-bond donors (Lipinski definition) is 0. The van der Waals surface area contributed by atoms with Gasteiger partial charge in [-0.3, -0.25) is 0 Å². The Morgan fingerprint density at radius 2 is 1.71 bits per heavy atom. The van der Waals surface area contributed by atoms with E-state index in [1.165, 1.54) is 24.5 Å². The first-order chi connectivity index (χ1) is 8.09. The summed E-state index contributed by atoms with van der Waals surface area (Å²) in [5.41, 5.74) is 2.71. The van der Waals surface area contributed by atoms with E-state index in [0.29, 0.717) is 0 Å². The van der Waals surface area contributed by atoms with Gasteiger partial charge >= 0.3 is 0 Å². The van der Waals surface area contributed by atoms with Crippen LogP contribution in [0.15, 0.2) is 50.7 Å². The molecule has 0 aliphatic heterocycles. The van der Waals surface area contributed by atoms with Gasteiger partial charge in [-0.15, -0.1) is 0 Å². The third-order valence-electron chi connectivity index (χ3n) is 2.59. The molecule has 0 saturated carbocycles. The molecule has 0 N–H and O–H groups in total. The van der Waals surface area contributed by atoms with Crippen molar-refractivity contribution >= 4 is 50.3 Å². The van der Waals surface area contributed by atoms with E-state index in [1.807, 2.05) is 17.8 Å². The Hall–Kier alpha value is -0.000000000000000111. The van der Waals surface area contributed by atoms with Gasteiger partial charge in [-0.25, -0.2) is 0 Å². The van der Waals surface area contributed by atoms with Crippen molar-refractivity contribution < 1.29 is 0 Å². The van der Waals surface area contributed by atoms with E-state index in [1.54, 1.807) is 0 Å². The molecule has 0 amide bonds. The first kappa shape index (κ1) is 13.4. The van der Waals surface area contributed by atoms with Gasteiger partial charge in [0.2, 0.25) is 0 Å². The normalized spacial score (nSPS) is 10.6. The molecule has 2 rings (SSSR count). The molecule has 0 aromatic heterocycles. The third kappa shape index (κ3) is 3.06. The lowest BCUT2D eigenvalue weighted by molar-refractivity contribution is 1.22. The van der Waals surface area contributed by atoms with Gasteiger partial charge in [0.1, 0.15) is 0 Å². The molecule has 0 spiro atoms. The van der Waals surface area contributed by atoms with Crippen LogP contribution in [0, 0.1) is 17.4 Å². The molecular formula is C14H12BrIS.